The molecule has 7 nitrogen and oxygen atoms in total. The molecule has 0 unspecified atom stereocenters. The van der Waals surface area contributed by atoms with Crippen molar-refractivity contribution in [2.75, 3.05) is 19.0 Å². The van der Waals surface area contributed by atoms with Crippen LogP contribution in [0.25, 0.3) is 6.08 Å². The minimum absolute atomic E-state index is 0.104. The molecule has 1 N–H and O–H groups in total. The number of hydrogen-bond acceptors (Lipinski definition) is 4. The van der Waals surface area contributed by atoms with Crippen LogP contribution in [0.5, 0.6) is 0 Å². The zero-order valence-electron chi connectivity index (χ0n) is 19.8. The lowest BCUT2D eigenvalue weighted by atomic mass is 9.72. The number of sulfonamides is 1. The van der Waals surface area contributed by atoms with E-state index >= 15 is 0 Å². The maximum absolute atomic E-state index is 13.7. The Kier molecular flexibility index (Phi) is 6.64. The van der Waals surface area contributed by atoms with Crippen molar-refractivity contribution in [3.8, 4) is 0 Å². The van der Waals surface area contributed by atoms with E-state index in [-0.39, 0.29) is 22.8 Å². The van der Waals surface area contributed by atoms with E-state index in [1.54, 1.807) is 19.1 Å². The van der Waals surface area contributed by atoms with Gasteiger partial charge in [0.15, 0.2) is 5.54 Å². The Bertz CT molecular complexity index is 1190. The molecule has 180 valence electrons. The molecule has 2 atom stereocenters. The Balaban J connectivity index is 1.73. The van der Waals surface area contributed by atoms with E-state index in [9.17, 15) is 18.0 Å². The molecule has 2 aliphatic rings. The van der Waals surface area contributed by atoms with Crippen LogP contribution in [0.15, 0.2) is 65.6 Å². The Hall–Kier alpha value is -2.97. The summed E-state index contributed by atoms with van der Waals surface area (Å²) < 4.78 is 26.1. The molecule has 0 bridgehead atoms. The van der Waals surface area contributed by atoms with Crippen LogP contribution in [-0.4, -0.2) is 50.2 Å². The van der Waals surface area contributed by atoms with Crippen LogP contribution in [0.2, 0.25) is 0 Å². The summed E-state index contributed by atoms with van der Waals surface area (Å²) >= 11 is 0. The lowest BCUT2D eigenvalue weighted by Gasteiger charge is -2.54. The second-order valence-corrected chi connectivity index (χ2v) is 11.4. The van der Waals surface area contributed by atoms with E-state index < -0.39 is 21.5 Å². The van der Waals surface area contributed by atoms with Crippen LogP contribution in [0.4, 0.5) is 5.69 Å². The molecule has 2 amide bonds. The second kappa shape index (κ2) is 9.35. The van der Waals surface area contributed by atoms with Crippen LogP contribution in [0.1, 0.15) is 38.2 Å². The highest BCUT2D eigenvalue weighted by atomic mass is 32.2. The van der Waals surface area contributed by atoms with Gasteiger partial charge < -0.3 is 5.32 Å². The monoisotopic (exact) mass is 481 g/mol. The molecule has 0 aromatic heterocycles. The fourth-order valence-electron chi connectivity index (χ4n) is 4.76. The summed E-state index contributed by atoms with van der Waals surface area (Å²) in [6.07, 6.45) is 7.71. The van der Waals surface area contributed by atoms with Crippen LogP contribution in [-0.2, 0) is 19.6 Å². The maximum Gasteiger partial charge on any atom is 0.251 e. The van der Waals surface area contributed by atoms with Gasteiger partial charge in [-0.2, -0.15) is 0 Å². The van der Waals surface area contributed by atoms with Crippen molar-refractivity contribution in [1.82, 2.24) is 9.62 Å². The van der Waals surface area contributed by atoms with Gasteiger partial charge in [-0.15, -0.1) is 0 Å². The average molecular weight is 482 g/mol. The molecule has 1 aliphatic carbocycles. The number of rotatable bonds is 7. The van der Waals surface area contributed by atoms with Gasteiger partial charge in [0.2, 0.25) is 15.9 Å². The highest BCUT2D eigenvalue weighted by Gasteiger charge is 2.62. The molecule has 1 heterocycles. The van der Waals surface area contributed by atoms with Gasteiger partial charge in [0.25, 0.3) is 5.91 Å². The van der Waals surface area contributed by atoms with Gasteiger partial charge in [0.05, 0.1) is 10.8 Å². The smallest absolute Gasteiger partial charge is 0.251 e. The molecule has 8 heteroatoms. The van der Waals surface area contributed by atoms with Crippen molar-refractivity contribution in [3.05, 3.63) is 66.2 Å². The minimum atomic E-state index is -3.60. The quantitative estimate of drug-likeness (QED) is 0.614. The van der Waals surface area contributed by atoms with Crippen molar-refractivity contribution in [3.63, 3.8) is 0 Å². The minimum Gasteiger partial charge on any atom is -0.351 e. The van der Waals surface area contributed by atoms with Crippen molar-refractivity contribution in [2.45, 2.75) is 49.1 Å². The van der Waals surface area contributed by atoms with Gasteiger partial charge in [-0.05, 0) is 48.7 Å². The fraction of sp³-hybridized carbons (Fsp3) is 0.385. The number of carbonyl (C=O) groups excluding carboxylic acids is 2. The topological polar surface area (TPSA) is 86.8 Å². The Morgan fingerprint density at radius 3 is 2.26 bits per heavy atom. The Morgan fingerprint density at radius 1 is 1.06 bits per heavy atom. The van der Waals surface area contributed by atoms with Gasteiger partial charge >= 0.3 is 0 Å². The van der Waals surface area contributed by atoms with E-state index in [4.69, 9.17) is 0 Å². The summed E-state index contributed by atoms with van der Waals surface area (Å²) in [5.74, 6) is -0.940. The van der Waals surface area contributed by atoms with Gasteiger partial charge in [-0.1, -0.05) is 56.2 Å². The molecule has 2 fully saturated rings. The second-order valence-electron chi connectivity index (χ2n) is 9.20. The third kappa shape index (κ3) is 4.16. The van der Waals surface area contributed by atoms with Crippen LogP contribution in [0.3, 0.4) is 0 Å². The molecule has 2 aromatic carbocycles. The molecular weight excluding hydrogens is 450 g/mol. The molecule has 0 radical (unpaired) electrons. The van der Waals surface area contributed by atoms with Gasteiger partial charge in [0, 0.05) is 25.8 Å². The van der Waals surface area contributed by atoms with E-state index in [2.05, 4.69) is 5.32 Å². The summed E-state index contributed by atoms with van der Waals surface area (Å²) in [5.41, 5.74) is 0.215. The maximum atomic E-state index is 13.7. The number of benzene rings is 2. The number of nitrogens with one attached hydrogen (secondary N) is 1. The van der Waals surface area contributed by atoms with E-state index in [0.717, 1.165) is 35.6 Å². The molecule has 2 aromatic rings. The van der Waals surface area contributed by atoms with Crippen LogP contribution < -0.4 is 10.2 Å². The number of amides is 2. The molecule has 1 aliphatic heterocycles. The number of β-lactam (4-membered cyclic amide) rings is 1. The average Bonchev–Trinajstić information content (AvgIpc) is 3.34. The highest BCUT2D eigenvalue weighted by molar-refractivity contribution is 7.89. The third-order valence-electron chi connectivity index (χ3n) is 6.88. The number of hydrogen-bond donors (Lipinski definition) is 1. The van der Waals surface area contributed by atoms with E-state index in [1.807, 2.05) is 42.5 Å². The normalized spacial score (nSPS) is 23.5. The first kappa shape index (κ1) is 24.2. The first-order valence-electron chi connectivity index (χ1n) is 11.6. The summed E-state index contributed by atoms with van der Waals surface area (Å²) in [6.45, 7) is 1.77. The summed E-state index contributed by atoms with van der Waals surface area (Å²) in [6, 6.07) is 15.9. The van der Waals surface area contributed by atoms with Crippen LogP contribution in [0, 0.1) is 5.92 Å². The predicted octanol–water partition coefficient (Wildman–Crippen LogP) is 3.43. The summed E-state index contributed by atoms with van der Waals surface area (Å²) in [5, 5.41) is 3.17. The van der Waals surface area contributed by atoms with Crippen molar-refractivity contribution < 1.29 is 18.0 Å². The number of anilines is 1. The zero-order valence-corrected chi connectivity index (χ0v) is 20.6. The summed E-state index contributed by atoms with van der Waals surface area (Å²) in [7, 11) is -0.665. The number of nitrogens with zero attached hydrogens (tertiary/aromatic N) is 2. The van der Waals surface area contributed by atoms with Crippen molar-refractivity contribution in [2.24, 2.45) is 5.92 Å². The van der Waals surface area contributed by atoms with Gasteiger partial charge in [-0.25, -0.2) is 12.7 Å². The summed E-state index contributed by atoms with van der Waals surface area (Å²) in [4.78, 5) is 28.4. The predicted molar refractivity (Wildman–Crippen MR) is 133 cm³/mol. The molecular formula is C26H31N3O4S. The fourth-order valence-corrected chi connectivity index (χ4v) is 5.66. The Morgan fingerprint density at radius 2 is 1.68 bits per heavy atom. The van der Waals surface area contributed by atoms with Gasteiger partial charge in [0.1, 0.15) is 0 Å². The lowest BCUT2D eigenvalue weighted by Crippen LogP contribution is -2.76. The lowest BCUT2D eigenvalue weighted by molar-refractivity contribution is -0.143. The molecule has 34 heavy (non-hydrogen) atoms. The molecule has 1 saturated heterocycles. The van der Waals surface area contributed by atoms with Crippen molar-refractivity contribution in [1.29, 1.82) is 0 Å². The van der Waals surface area contributed by atoms with E-state index in [0.29, 0.717) is 5.69 Å². The van der Waals surface area contributed by atoms with Crippen molar-refractivity contribution >= 4 is 33.6 Å². The SMILES string of the molecule is C[C@@H]1C(=O)N(c2ccc(S(=O)(=O)N(C)C)cc2)[C@@]1(/C=C/c1ccccc1)C(=O)NC1CCCC1. The standard InChI is InChI=1S/C26H31N3O4S/c1-19-24(30)29(22-13-15-23(16-14-22)34(32,33)28(2)3)26(19,18-17-20-9-5-4-6-10-20)25(31)27-21-11-7-8-12-21/h4-6,9-10,13-19,21H,7-8,11-12H2,1-3H3,(H,27,31)/b18-17+/t19-,26-/m1/s1. The van der Waals surface area contributed by atoms with Crippen LogP contribution >= 0.6 is 0 Å². The first-order valence-corrected chi connectivity index (χ1v) is 13.0. The molecule has 0 spiro atoms. The first-order chi connectivity index (χ1) is 16.2. The zero-order chi connectivity index (χ0) is 24.5. The molecule has 4 rings (SSSR count). The van der Waals surface area contributed by atoms with E-state index in [1.165, 1.54) is 31.1 Å². The number of carbonyl (C=O) groups is 2. The Labute approximate surface area is 201 Å². The van der Waals surface area contributed by atoms with Gasteiger partial charge in [-0.3, -0.25) is 14.5 Å². The highest BCUT2D eigenvalue weighted by Crippen LogP contribution is 2.44. The third-order valence-corrected chi connectivity index (χ3v) is 8.71. The largest absolute Gasteiger partial charge is 0.351 e. The molecule has 1 saturated carbocycles.